The summed E-state index contributed by atoms with van der Waals surface area (Å²) in [6, 6.07) is 7.43. The number of nitrogen functional groups attached to an aromatic ring is 1. The average molecular weight is 363 g/mol. The van der Waals surface area contributed by atoms with Gasteiger partial charge in [0.25, 0.3) is 5.91 Å². The molecular formula is C20H21N5O2. The summed E-state index contributed by atoms with van der Waals surface area (Å²) in [7, 11) is 3.47. The van der Waals surface area contributed by atoms with Crippen molar-refractivity contribution in [2.24, 2.45) is 0 Å². The number of anilines is 1. The normalized spacial score (nSPS) is 13.5. The van der Waals surface area contributed by atoms with Gasteiger partial charge in [0.2, 0.25) is 0 Å². The highest BCUT2D eigenvalue weighted by atomic mass is 16.2. The molecule has 0 radical (unpaired) electrons. The predicted octanol–water partition coefficient (Wildman–Crippen LogP) is 2.35. The van der Waals surface area contributed by atoms with Crippen LogP contribution in [0, 0.1) is 0 Å². The van der Waals surface area contributed by atoms with Crippen LogP contribution in [0.1, 0.15) is 21.5 Å². The Hall–Kier alpha value is -3.35. The summed E-state index contributed by atoms with van der Waals surface area (Å²) in [4.78, 5) is 33.1. The van der Waals surface area contributed by atoms with E-state index in [2.05, 4.69) is 4.98 Å². The van der Waals surface area contributed by atoms with Gasteiger partial charge in [-0.15, -0.1) is 0 Å². The van der Waals surface area contributed by atoms with Crippen molar-refractivity contribution in [3.63, 3.8) is 0 Å². The van der Waals surface area contributed by atoms with Crippen LogP contribution in [0.4, 0.5) is 10.5 Å². The van der Waals surface area contributed by atoms with Crippen molar-refractivity contribution < 1.29 is 9.59 Å². The zero-order valence-electron chi connectivity index (χ0n) is 15.3. The molecule has 1 aliphatic heterocycles. The summed E-state index contributed by atoms with van der Waals surface area (Å²) in [6.07, 6.45) is 5.71. The molecule has 1 aliphatic rings. The predicted molar refractivity (Wildman–Crippen MR) is 104 cm³/mol. The first-order chi connectivity index (χ1) is 13.0. The summed E-state index contributed by atoms with van der Waals surface area (Å²) in [6.45, 7) is 1.03. The van der Waals surface area contributed by atoms with Crippen LogP contribution < -0.4 is 5.73 Å². The number of benzene rings is 1. The van der Waals surface area contributed by atoms with Gasteiger partial charge in [-0.2, -0.15) is 0 Å². The Bertz CT molecular complexity index is 1050. The standard InChI is InChI=1S/C20H21N5O2/c1-23(2)20(27)24-8-7-15-14(12-24)10-22-11-16(15)19(26)25-9-6-13-4-3-5-17(21)18(13)25/h3-6,9-11H,7-8,12,21H2,1-2H3. The number of fused-ring (bicyclic) bond motifs is 2. The van der Waals surface area contributed by atoms with E-state index in [4.69, 9.17) is 5.73 Å². The topological polar surface area (TPSA) is 84.5 Å². The second-order valence-corrected chi connectivity index (χ2v) is 6.95. The molecule has 4 rings (SSSR count). The highest BCUT2D eigenvalue weighted by Crippen LogP contribution is 2.26. The molecule has 7 heteroatoms. The molecule has 0 saturated carbocycles. The number of amides is 2. The number of hydrogen-bond donors (Lipinski definition) is 1. The lowest BCUT2D eigenvalue weighted by molar-refractivity contribution is 0.0963. The van der Waals surface area contributed by atoms with E-state index in [9.17, 15) is 9.59 Å². The van der Waals surface area contributed by atoms with E-state index in [1.54, 1.807) is 53.1 Å². The molecule has 7 nitrogen and oxygen atoms in total. The number of aromatic nitrogens is 2. The molecule has 138 valence electrons. The van der Waals surface area contributed by atoms with Gasteiger partial charge in [0.05, 0.1) is 16.8 Å². The second kappa shape index (κ2) is 6.42. The summed E-state index contributed by atoms with van der Waals surface area (Å²) in [5.74, 6) is -0.153. The lowest BCUT2D eigenvalue weighted by atomic mass is 9.96. The van der Waals surface area contributed by atoms with Gasteiger partial charge < -0.3 is 15.5 Å². The van der Waals surface area contributed by atoms with E-state index in [1.807, 2.05) is 18.2 Å². The molecule has 3 aromatic rings. The number of carbonyl (C=O) groups is 2. The van der Waals surface area contributed by atoms with E-state index in [0.29, 0.717) is 36.3 Å². The molecule has 0 atom stereocenters. The van der Waals surface area contributed by atoms with Crippen LogP contribution in [0.5, 0.6) is 0 Å². The van der Waals surface area contributed by atoms with Gasteiger partial charge >= 0.3 is 6.03 Å². The number of nitrogens with zero attached hydrogens (tertiary/aromatic N) is 4. The van der Waals surface area contributed by atoms with Crippen molar-refractivity contribution in [2.45, 2.75) is 13.0 Å². The monoisotopic (exact) mass is 363 g/mol. The molecule has 0 fully saturated rings. The smallest absolute Gasteiger partial charge is 0.319 e. The highest BCUT2D eigenvalue weighted by Gasteiger charge is 2.26. The van der Waals surface area contributed by atoms with Crippen molar-refractivity contribution >= 4 is 28.5 Å². The molecule has 2 N–H and O–H groups in total. The Balaban J connectivity index is 1.73. The van der Waals surface area contributed by atoms with E-state index >= 15 is 0 Å². The van der Waals surface area contributed by atoms with Crippen molar-refractivity contribution in [3.8, 4) is 0 Å². The summed E-state index contributed by atoms with van der Waals surface area (Å²) in [5, 5.41) is 0.920. The van der Waals surface area contributed by atoms with Crippen LogP contribution in [0.3, 0.4) is 0 Å². The Morgan fingerprint density at radius 1 is 1.19 bits per heavy atom. The minimum atomic E-state index is -0.153. The SMILES string of the molecule is CN(C)C(=O)N1CCc2c(cncc2C(=O)n2ccc3cccc(N)c32)C1. The van der Waals surface area contributed by atoms with E-state index in [0.717, 1.165) is 16.5 Å². The minimum absolute atomic E-state index is 0.0402. The first-order valence-electron chi connectivity index (χ1n) is 8.79. The molecule has 0 bridgehead atoms. The largest absolute Gasteiger partial charge is 0.397 e. The number of nitrogens with two attached hydrogens (primary N) is 1. The van der Waals surface area contributed by atoms with Crippen LogP contribution in [-0.2, 0) is 13.0 Å². The average Bonchev–Trinajstić information content (AvgIpc) is 3.11. The van der Waals surface area contributed by atoms with Gasteiger partial charge in [-0.25, -0.2) is 4.79 Å². The Kier molecular flexibility index (Phi) is 4.07. The third-order valence-corrected chi connectivity index (χ3v) is 4.98. The maximum atomic E-state index is 13.2. The maximum absolute atomic E-state index is 13.2. The Morgan fingerprint density at radius 3 is 2.78 bits per heavy atom. The zero-order valence-corrected chi connectivity index (χ0v) is 15.3. The molecule has 2 amide bonds. The molecule has 0 saturated heterocycles. The van der Waals surface area contributed by atoms with Gasteiger partial charge in [0, 0.05) is 51.2 Å². The first kappa shape index (κ1) is 17.1. The number of urea groups is 1. The van der Waals surface area contributed by atoms with Crippen LogP contribution in [0.2, 0.25) is 0 Å². The van der Waals surface area contributed by atoms with Crippen LogP contribution in [0.15, 0.2) is 42.9 Å². The molecule has 0 spiro atoms. The fourth-order valence-electron chi connectivity index (χ4n) is 3.64. The van der Waals surface area contributed by atoms with Gasteiger partial charge in [0.1, 0.15) is 0 Å². The first-order valence-corrected chi connectivity index (χ1v) is 8.79. The van der Waals surface area contributed by atoms with Crippen molar-refractivity contribution in [2.75, 3.05) is 26.4 Å². The summed E-state index contributed by atoms with van der Waals surface area (Å²) < 4.78 is 1.58. The fraction of sp³-hybridized carbons (Fsp3) is 0.250. The molecule has 27 heavy (non-hydrogen) atoms. The second-order valence-electron chi connectivity index (χ2n) is 6.95. The van der Waals surface area contributed by atoms with Crippen molar-refractivity contribution in [1.82, 2.24) is 19.4 Å². The lowest BCUT2D eigenvalue weighted by Crippen LogP contribution is -2.42. The molecule has 1 aromatic carbocycles. The van der Waals surface area contributed by atoms with Crippen molar-refractivity contribution in [3.05, 3.63) is 59.5 Å². The van der Waals surface area contributed by atoms with Crippen LogP contribution >= 0.6 is 0 Å². The number of pyridine rings is 1. The molecule has 3 heterocycles. The molecule has 0 aliphatic carbocycles. The third-order valence-electron chi connectivity index (χ3n) is 4.98. The minimum Gasteiger partial charge on any atom is -0.397 e. The van der Waals surface area contributed by atoms with Gasteiger partial charge in [-0.05, 0) is 29.7 Å². The highest BCUT2D eigenvalue weighted by molar-refractivity contribution is 6.05. The molecule has 0 unspecified atom stereocenters. The van der Waals surface area contributed by atoms with E-state index in [-0.39, 0.29) is 11.9 Å². The summed E-state index contributed by atoms with van der Waals surface area (Å²) >= 11 is 0. The van der Waals surface area contributed by atoms with Crippen LogP contribution in [-0.4, -0.2) is 51.9 Å². The van der Waals surface area contributed by atoms with Crippen LogP contribution in [0.25, 0.3) is 10.9 Å². The quantitative estimate of drug-likeness (QED) is 0.673. The fourth-order valence-corrected chi connectivity index (χ4v) is 3.64. The number of rotatable bonds is 1. The summed E-state index contributed by atoms with van der Waals surface area (Å²) in [5.41, 5.74) is 9.79. The van der Waals surface area contributed by atoms with E-state index in [1.165, 1.54) is 0 Å². The molecular weight excluding hydrogens is 342 g/mol. The Labute approximate surface area is 157 Å². The lowest BCUT2D eigenvalue weighted by Gasteiger charge is -2.31. The molecule has 2 aromatic heterocycles. The maximum Gasteiger partial charge on any atom is 0.319 e. The number of para-hydroxylation sites is 1. The Morgan fingerprint density at radius 2 is 2.00 bits per heavy atom. The third kappa shape index (κ3) is 2.81. The zero-order chi connectivity index (χ0) is 19.1. The van der Waals surface area contributed by atoms with Gasteiger partial charge in [0.15, 0.2) is 0 Å². The number of hydrogen-bond acceptors (Lipinski definition) is 4. The number of carbonyl (C=O) groups excluding carboxylic acids is 2. The van der Waals surface area contributed by atoms with Gasteiger partial charge in [-0.1, -0.05) is 12.1 Å². The van der Waals surface area contributed by atoms with E-state index < -0.39 is 0 Å². The van der Waals surface area contributed by atoms with Crippen molar-refractivity contribution in [1.29, 1.82) is 0 Å². The van der Waals surface area contributed by atoms with Gasteiger partial charge in [-0.3, -0.25) is 14.3 Å².